The summed E-state index contributed by atoms with van der Waals surface area (Å²) in [5.41, 5.74) is 1.52. The summed E-state index contributed by atoms with van der Waals surface area (Å²) in [4.78, 5) is 23.3. The molecule has 0 aliphatic heterocycles. The largest absolute Gasteiger partial charge is 0.394 e. The topological polar surface area (TPSA) is 78.4 Å². The number of rotatable bonds is 6. The Hall–Kier alpha value is -1.88. The Balaban J connectivity index is 2.44. The molecule has 1 rings (SSSR count). The van der Waals surface area contributed by atoms with Crippen molar-refractivity contribution in [3.63, 3.8) is 0 Å². The predicted molar refractivity (Wildman–Crippen MR) is 72.8 cm³/mol. The lowest BCUT2D eigenvalue weighted by Crippen LogP contribution is -2.43. The van der Waals surface area contributed by atoms with Crippen molar-refractivity contribution < 1.29 is 14.7 Å². The molecule has 2 amide bonds. The van der Waals surface area contributed by atoms with Crippen LogP contribution in [0.2, 0.25) is 0 Å². The van der Waals surface area contributed by atoms with Crippen LogP contribution in [0.3, 0.4) is 0 Å². The van der Waals surface area contributed by atoms with Gasteiger partial charge in [-0.1, -0.05) is 24.6 Å². The number of nitrogens with one attached hydrogen (secondary N) is 2. The Labute approximate surface area is 113 Å². The van der Waals surface area contributed by atoms with Crippen molar-refractivity contribution in [1.82, 2.24) is 10.6 Å². The Bertz CT molecular complexity index is 442. The number of hydrogen-bond donors (Lipinski definition) is 3. The third-order valence-corrected chi connectivity index (χ3v) is 2.77. The molecule has 1 atom stereocenters. The summed E-state index contributed by atoms with van der Waals surface area (Å²) < 4.78 is 0. The Morgan fingerprint density at radius 3 is 2.68 bits per heavy atom. The number of carbonyl (C=O) groups excluding carboxylic acids is 2. The van der Waals surface area contributed by atoms with Crippen LogP contribution in [0.25, 0.3) is 0 Å². The third-order valence-electron chi connectivity index (χ3n) is 2.77. The molecule has 3 N–H and O–H groups in total. The highest BCUT2D eigenvalue weighted by Gasteiger charge is 2.11. The van der Waals surface area contributed by atoms with Gasteiger partial charge in [0.15, 0.2) is 0 Å². The first-order valence-electron chi connectivity index (χ1n) is 6.32. The number of aliphatic hydroxyl groups is 1. The van der Waals surface area contributed by atoms with Crippen molar-refractivity contribution in [2.24, 2.45) is 0 Å². The monoisotopic (exact) mass is 264 g/mol. The van der Waals surface area contributed by atoms with Gasteiger partial charge >= 0.3 is 0 Å². The zero-order chi connectivity index (χ0) is 14.3. The molecular formula is C14H20N2O3. The van der Waals surface area contributed by atoms with Crippen LogP contribution in [0.5, 0.6) is 0 Å². The Morgan fingerprint density at radius 1 is 1.37 bits per heavy atom. The molecule has 0 bridgehead atoms. The van der Waals surface area contributed by atoms with Crippen LogP contribution in [0.4, 0.5) is 0 Å². The summed E-state index contributed by atoms with van der Waals surface area (Å²) in [5, 5.41) is 14.1. The maximum Gasteiger partial charge on any atom is 0.251 e. The Morgan fingerprint density at radius 2 is 2.11 bits per heavy atom. The van der Waals surface area contributed by atoms with E-state index in [1.807, 2.05) is 19.9 Å². The molecule has 0 radical (unpaired) electrons. The fraction of sp³-hybridized carbons (Fsp3) is 0.429. The zero-order valence-corrected chi connectivity index (χ0v) is 11.3. The van der Waals surface area contributed by atoms with Gasteiger partial charge in [-0.15, -0.1) is 0 Å². The molecule has 0 aliphatic rings. The number of benzene rings is 1. The van der Waals surface area contributed by atoms with Gasteiger partial charge in [-0.25, -0.2) is 0 Å². The summed E-state index contributed by atoms with van der Waals surface area (Å²) in [7, 11) is 0. The second-order valence-electron chi connectivity index (χ2n) is 4.41. The maximum absolute atomic E-state index is 11.8. The van der Waals surface area contributed by atoms with E-state index in [1.165, 1.54) is 0 Å². The van der Waals surface area contributed by atoms with E-state index in [4.69, 9.17) is 5.11 Å². The van der Waals surface area contributed by atoms with E-state index in [1.54, 1.807) is 18.2 Å². The van der Waals surface area contributed by atoms with E-state index < -0.39 is 0 Å². The molecule has 0 saturated carbocycles. The van der Waals surface area contributed by atoms with E-state index in [0.29, 0.717) is 12.0 Å². The predicted octanol–water partition coefficient (Wildman–Crippen LogP) is 0.612. The van der Waals surface area contributed by atoms with E-state index >= 15 is 0 Å². The molecule has 104 valence electrons. The van der Waals surface area contributed by atoms with Crippen molar-refractivity contribution >= 4 is 11.8 Å². The average Bonchev–Trinajstić information content (AvgIpc) is 2.42. The first-order chi connectivity index (χ1) is 9.06. The number of amides is 2. The van der Waals surface area contributed by atoms with Crippen molar-refractivity contribution in [2.45, 2.75) is 26.3 Å². The van der Waals surface area contributed by atoms with Crippen molar-refractivity contribution in [3.05, 3.63) is 35.4 Å². The molecule has 5 nitrogen and oxygen atoms in total. The summed E-state index contributed by atoms with van der Waals surface area (Å²) in [6, 6.07) is 6.89. The van der Waals surface area contributed by atoms with Gasteiger partial charge in [-0.2, -0.15) is 0 Å². The van der Waals surface area contributed by atoms with E-state index in [0.717, 1.165) is 5.56 Å². The van der Waals surface area contributed by atoms with Gasteiger partial charge in [0.1, 0.15) is 0 Å². The molecule has 0 aromatic heterocycles. The zero-order valence-electron chi connectivity index (χ0n) is 11.3. The van der Waals surface area contributed by atoms with Gasteiger partial charge in [0.05, 0.1) is 19.2 Å². The van der Waals surface area contributed by atoms with E-state index in [-0.39, 0.29) is 31.0 Å². The Kier molecular flexibility index (Phi) is 6.02. The van der Waals surface area contributed by atoms with Crippen molar-refractivity contribution in [1.29, 1.82) is 0 Å². The molecule has 0 unspecified atom stereocenters. The number of aryl methyl sites for hydroxylation is 1. The minimum atomic E-state index is -0.304. The van der Waals surface area contributed by atoms with Gasteiger partial charge in [-0.3, -0.25) is 9.59 Å². The van der Waals surface area contributed by atoms with Gasteiger partial charge in [0, 0.05) is 5.56 Å². The van der Waals surface area contributed by atoms with Crippen molar-refractivity contribution in [2.75, 3.05) is 13.2 Å². The van der Waals surface area contributed by atoms with Crippen LogP contribution < -0.4 is 10.6 Å². The molecule has 0 heterocycles. The summed E-state index contributed by atoms with van der Waals surface area (Å²) in [6.07, 6.45) is 0.647. The highest BCUT2D eigenvalue weighted by Crippen LogP contribution is 2.03. The first kappa shape index (κ1) is 15.2. The minimum Gasteiger partial charge on any atom is -0.394 e. The average molecular weight is 264 g/mol. The third kappa shape index (κ3) is 5.09. The van der Waals surface area contributed by atoms with Crippen LogP contribution in [0.15, 0.2) is 24.3 Å². The fourth-order valence-corrected chi connectivity index (χ4v) is 1.60. The van der Waals surface area contributed by atoms with E-state index in [9.17, 15) is 9.59 Å². The lowest BCUT2D eigenvalue weighted by molar-refractivity contribution is -0.121. The second-order valence-corrected chi connectivity index (χ2v) is 4.41. The lowest BCUT2D eigenvalue weighted by Gasteiger charge is -2.14. The second kappa shape index (κ2) is 7.53. The molecule has 5 heteroatoms. The molecule has 0 spiro atoms. The maximum atomic E-state index is 11.8. The van der Waals surface area contributed by atoms with Crippen LogP contribution >= 0.6 is 0 Å². The minimum absolute atomic E-state index is 0.0940. The van der Waals surface area contributed by atoms with Crippen LogP contribution in [0.1, 0.15) is 29.3 Å². The van der Waals surface area contributed by atoms with Crippen LogP contribution in [-0.2, 0) is 4.79 Å². The fourth-order valence-electron chi connectivity index (χ4n) is 1.60. The highest BCUT2D eigenvalue weighted by molar-refractivity contribution is 5.96. The first-order valence-corrected chi connectivity index (χ1v) is 6.32. The standard InChI is InChI=1S/C14H20N2O3/c1-3-12(9-17)16-13(18)8-15-14(19)11-6-4-5-10(2)7-11/h4-7,12,17H,3,8-9H2,1-2H3,(H,15,19)(H,16,18)/t12-/m1/s1. The van der Waals surface area contributed by atoms with Gasteiger partial charge in [0.2, 0.25) is 5.91 Å². The molecule has 0 fully saturated rings. The summed E-state index contributed by atoms with van der Waals surface area (Å²) >= 11 is 0. The smallest absolute Gasteiger partial charge is 0.251 e. The normalized spacial score (nSPS) is 11.7. The molecule has 0 aliphatic carbocycles. The molecule has 1 aromatic carbocycles. The molecule has 0 saturated heterocycles. The molecule has 1 aromatic rings. The van der Waals surface area contributed by atoms with Crippen molar-refractivity contribution in [3.8, 4) is 0 Å². The lowest BCUT2D eigenvalue weighted by atomic mass is 10.1. The summed E-state index contributed by atoms with van der Waals surface area (Å²) in [6.45, 7) is 3.57. The number of carbonyl (C=O) groups is 2. The van der Waals surface area contributed by atoms with Crippen LogP contribution in [0, 0.1) is 6.92 Å². The van der Waals surface area contributed by atoms with Gasteiger partial charge in [0.25, 0.3) is 5.91 Å². The SMILES string of the molecule is CC[C@H](CO)NC(=O)CNC(=O)c1cccc(C)c1. The molecule has 19 heavy (non-hydrogen) atoms. The highest BCUT2D eigenvalue weighted by atomic mass is 16.3. The van der Waals surface area contributed by atoms with Gasteiger partial charge in [-0.05, 0) is 25.5 Å². The van der Waals surface area contributed by atoms with Crippen LogP contribution in [-0.4, -0.2) is 36.1 Å². The summed E-state index contributed by atoms with van der Waals surface area (Å²) in [5.74, 6) is -0.585. The van der Waals surface area contributed by atoms with E-state index in [2.05, 4.69) is 10.6 Å². The molecular weight excluding hydrogens is 244 g/mol. The van der Waals surface area contributed by atoms with Gasteiger partial charge < -0.3 is 15.7 Å². The quantitative estimate of drug-likeness (QED) is 0.704. The number of hydrogen-bond acceptors (Lipinski definition) is 3. The number of aliphatic hydroxyl groups excluding tert-OH is 1.